The number of Topliss-reactive ketones (excluding diaryl/α,β-unsaturated/α-hetero) is 1. The zero-order valence-corrected chi connectivity index (χ0v) is 7.07. The molecule has 4 heteroatoms. The first-order chi connectivity index (χ1) is 6.16. The number of rotatable bonds is 2. The van der Waals surface area contributed by atoms with Crippen LogP contribution in [0.4, 0.5) is 0 Å². The molecule has 1 aromatic heterocycles. The smallest absolute Gasteiger partial charge is 0.240 e. The Kier molecular flexibility index (Phi) is 2.50. The molecule has 0 fully saturated rings. The molecular weight excluding hydrogens is 168 g/mol. The fourth-order valence-electron chi connectivity index (χ4n) is 0.849. The maximum Gasteiger partial charge on any atom is 0.240 e. The Hall–Kier alpha value is -2.02. The van der Waals surface area contributed by atoms with Crippen molar-refractivity contribution in [2.45, 2.75) is 6.92 Å². The van der Waals surface area contributed by atoms with E-state index in [1.165, 1.54) is 19.3 Å². The molecule has 0 amide bonds. The molecule has 0 atom stereocenters. The number of nitrogens with zero attached hydrogens (tertiary/aromatic N) is 1. The normalized spacial score (nSPS) is 11.7. The van der Waals surface area contributed by atoms with Crippen molar-refractivity contribution in [1.29, 1.82) is 5.26 Å². The van der Waals surface area contributed by atoms with Gasteiger partial charge in [0.25, 0.3) is 0 Å². The molecule has 0 unspecified atom stereocenters. The molecule has 0 bridgehead atoms. The Morgan fingerprint density at radius 2 is 2.38 bits per heavy atom. The van der Waals surface area contributed by atoms with E-state index in [1.807, 2.05) is 0 Å². The molecule has 13 heavy (non-hydrogen) atoms. The summed E-state index contributed by atoms with van der Waals surface area (Å²) in [5.41, 5.74) is 5.47. The molecule has 1 aromatic rings. The maximum atomic E-state index is 11.4. The molecule has 0 aliphatic rings. The van der Waals surface area contributed by atoms with Crippen molar-refractivity contribution < 1.29 is 9.21 Å². The van der Waals surface area contributed by atoms with Gasteiger partial charge in [-0.3, -0.25) is 4.79 Å². The summed E-state index contributed by atoms with van der Waals surface area (Å²) in [5.74, 6) is -0.353. The van der Waals surface area contributed by atoms with Gasteiger partial charge in [-0.1, -0.05) is 0 Å². The van der Waals surface area contributed by atoms with E-state index in [0.29, 0.717) is 0 Å². The molecule has 0 aliphatic carbocycles. The van der Waals surface area contributed by atoms with Gasteiger partial charge in [-0.2, -0.15) is 5.26 Å². The monoisotopic (exact) mass is 176 g/mol. The largest absolute Gasteiger partial charge is 0.461 e. The third-order valence-corrected chi connectivity index (χ3v) is 1.48. The van der Waals surface area contributed by atoms with Crippen LogP contribution in [0.25, 0.3) is 0 Å². The number of ketones is 1. The quantitative estimate of drug-likeness (QED) is 0.417. The summed E-state index contributed by atoms with van der Waals surface area (Å²) in [6.45, 7) is 1.50. The van der Waals surface area contributed by atoms with E-state index in [9.17, 15) is 4.79 Å². The highest BCUT2D eigenvalue weighted by molar-refractivity contribution is 6.09. The molecule has 0 aliphatic heterocycles. The molecule has 0 aromatic carbocycles. The van der Waals surface area contributed by atoms with Crippen molar-refractivity contribution in [2.24, 2.45) is 5.73 Å². The summed E-state index contributed by atoms with van der Waals surface area (Å²) in [5, 5.41) is 8.62. The molecule has 0 saturated carbocycles. The van der Waals surface area contributed by atoms with Crippen LogP contribution in [0.5, 0.6) is 0 Å². The zero-order chi connectivity index (χ0) is 9.84. The summed E-state index contributed by atoms with van der Waals surface area (Å²) in [4.78, 5) is 11.4. The minimum absolute atomic E-state index is 0.0741. The van der Waals surface area contributed by atoms with Crippen LogP contribution in [-0.4, -0.2) is 5.78 Å². The highest BCUT2D eigenvalue weighted by Crippen LogP contribution is 2.09. The van der Waals surface area contributed by atoms with Crippen LogP contribution in [0.1, 0.15) is 17.5 Å². The second kappa shape index (κ2) is 3.59. The van der Waals surface area contributed by atoms with Gasteiger partial charge in [-0.25, -0.2) is 0 Å². The minimum atomic E-state index is -0.479. The van der Waals surface area contributed by atoms with Crippen molar-refractivity contribution in [3.05, 3.63) is 35.4 Å². The summed E-state index contributed by atoms with van der Waals surface area (Å²) in [6, 6.07) is 4.80. The van der Waals surface area contributed by atoms with E-state index >= 15 is 0 Å². The first-order valence-corrected chi connectivity index (χ1v) is 3.61. The fourth-order valence-corrected chi connectivity index (χ4v) is 0.849. The lowest BCUT2D eigenvalue weighted by atomic mass is 10.1. The van der Waals surface area contributed by atoms with Gasteiger partial charge in [0.15, 0.2) is 5.76 Å². The van der Waals surface area contributed by atoms with Crippen LogP contribution < -0.4 is 5.73 Å². The second-order valence-electron chi connectivity index (χ2n) is 2.48. The number of carbonyl (C=O) groups is 1. The van der Waals surface area contributed by atoms with E-state index in [2.05, 4.69) is 0 Å². The molecule has 66 valence electrons. The number of hydrogen-bond donors (Lipinski definition) is 1. The van der Waals surface area contributed by atoms with E-state index in [-0.39, 0.29) is 17.0 Å². The van der Waals surface area contributed by atoms with Crippen LogP contribution in [0.3, 0.4) is 0 Å². The average Bonchev–Trinajstić information content (AvgIpc) is 2.56. The topological polar surface area (TPSA) is 80.0 Å². The molecule has 0 radical (unpaired) electrons. The van der Waals surface area contributed by atoms with Crippen molar-refractivity contribution in [2.75, 3.05) is 0 Å². The molecule has 4 nitrogen and oxygen atoms in total. The van der Waals surface area contributed by atoms with Crippen LogP contribution in [0, 0.1) is 11.3 Å². The van der Waals surface area contributed by atoms with E-state index in [0.717, 1.165) is 0 Å². The maximum absolute atomic E-state index is 11.4. The van der Waals surface area contributed by atoms with Crippen molar-refractivity contribution in [1.82, 2.24) is 0 Å². The fraction of sp³-hybridized carbons (Fsp3) is 0.111. The van der Waals surface area contributed by atoms with Gasteiger partial charge < -0.3 is 10.2 Å². The lowest BCUT2D eigenvalue weighted by molar-refractivity contribution is 0.101. The Morgan fingerprint density at radius 3 is 2.77 bits per heavy atom. The predicted octanol–water partition coefficient (Wildman–Crippen LogP) is 1.22. The second-order valence-corrected chi connectivity index (χ2v) is 2.48. The van der Waals surface area contributed by atoms with Crippen molar-refractivity contribution in [3.8, 4) is 6.07 Å². The Bertz CT molecular complexity index is 378. The lowest BCUT2D eigenvalue weighted by Crippen LogP contribution is -2.07. The third kappa shape index (κ3) is 1.76. The minimum Gasteiger partial charge on any atom is -0.461 e. The van der Waals surface area contributed by atoms with Crippen LogP contribution >= 0.6 is 0 Å². The SMILES string of the molecule is C/C(N)=C(\C#N)C(=O)c1ccco1. The van der Waals surface area contributed by atoms with Gasteiger partial charge in [0.2, 0.25) is 5.78 Å². The molecule has 2 N–H and O–H groups in total. The number of carbonyl (C=O) groups excluding carboxylic acids is 1. The number of furan rings is 1. The van der Waals surface area contributed by atoms with Gasteiger partial charge in [0.05, 0.1) is 6.26 Å². The molecular formula is C9H8N2O2. The van der Waals surface area contributed by atoms with Crippen molar-refractivity contribution >= 4 is 5.78 Å². The summed E-state index contributed by atoms with van der Waals surface area (Å²) in [6.07, 6.45) is 1.37. The molecule has 1 rings (SSSR count). The van der Waals surface area contributed by atoms with Crippen LogP contribution in [-0.2, 0) is 0 Å². The van der Waals surface area contributed by atoms with E-state index in [1.54, 1.807) is 12.1 Å². The first-order valence-electron chi connectivity index (χ1n) is 3.61. The van der Waals surface area contributed by atoms with Gasteiger partial charge in [-0.05, 0) is 19.1 Å². The summed E-state index contributed by atoms with van der Waals surface area (Å²) in [7, 11) is 0. The molecule has 0 saturated heterocycles. The first kappa shape index (κ1) is 9.07. The third-order valence-electron chi connectivity index (χ3n) is 1.48. The van der Waals surface area contributed by atoms with Gasteiger partial charge >= 0.3 is 0 Å². The Balaban J connectivity index is 3.06. The number of nitriles is 1. The standard InChI is InChI=1S/C9H8N2O2/c1-6(11)7(5-10)9(12)8-3-2-4-13-8/h2-4H,11H2,1H3/b7-6-. The average molecular weight is 176 g/mol. The predicted molar refractivity (Wildman–Crippen MR) is 45.5 cm³/mol. The Labute approximate surface area is 75.3 Å². The Morgan fingerprint density at radius 1 is 1.69 bits per heavy atom. The number of allylic oxidation sites excluding steroid dienone is 2. The van der Waals surface area contributed by atoms with Crippen LogP contribution in [0.15, 0.2) is 34.1 Å². The summed E-state index contributed by atoms with van der Waals surface area (Å²) < 4.78 is 4.84. The zero-order valence-electron chi connectivity index (χ0n) is 7.07. The van der Waals surface area contributed by atoms with E-state index < -0.39 is 5.78 Å². The van der Waals surface area contributed by atoms with Gasteiger partial charge in [0.1, 0.15) is 11.6 Å². The molecule has 0 spiro atoms. The highest BCUT2D eigenvalue weighted by Gasteiger charge is 2.15. The van der Waals surface area contributed by atoms with Crippen molar-refractivity contribution in [3.63, 3.8) is 0 Å². The number of hydrogen-bond acceptors (Lipinski definition) is 4. The van der Waals surface area contributed by atoms with Gasteiger partial charge in [-0.15, -0.1) is 0 Å². The molecule has 1 heterocycles. The van der Waals surface area contributed by atoms with Crippen LogP contribution in [0.2, 0.25) is 0 Å². The number of nitrogens with two attached hydrogens (primary N) is 1. The summed E-state index contributed by atoms with van der Waals surface area (Å²) >= 11 is 0. The van der Waals surface area contributed by atoms with E-state index in [4.69, 9.17) is 15.4 Å². The van der Waals surface area contributed by atoms with Gasteiger partial charge in [0, 0.05) is 5.70 Å². The lowest BCUT2D eigenvalue weighted by Gasteiger charge is -1.95. The highest BCUT2D eigenvalue weighted by atomic mass is 16.3.